The zero-order valence-corrected chi connectivity index (χ0v) is 12.1. The Hall–Kier alpha value is -2.01. The van der Waals surface area contributed by atoms with Crippen LogP contribution in [-0.4, -0.2) is 22.4 Å². The molecule has 0 aliphatic heterocycles. The number of rotatable bonds is 5. The number of benzene rings is 1. The summed E-state index contributed by atoms with van der Waals surface area (Å²) in [5, 5.41) is 7.12. The van der Waals surface area contributed by atoms with E-state index in [9.17, 15) is 4.79 Å². The molecule has 0 bridgehead atoms. The lowest BCUT2D eigenvalue weighted by Gasteiger charge is -2.16. The summed E-state index contributed by atoms with van der Waals surface area (Å²) in [7, 11) is 1.55. The standard InChI is InChI=1S/C14H16ClN3O2/c1-10(20-11-6-4-3-5-7-11)8-16-12-9-17-18(2)14(19)13(12)15/h3-7,9-10,16H,8H2,1-2H3. The van der Waals surface area contributed by atoms with Crippen molar-refractivity contribution < 1.29 is 4.74 Å². The van der Waals surface area contributed by atoms with E-state index in [2.05, 4.69) is 10.4 Å². The van der Waals surface area contributed by atoms with Crippen molar-refractivity contribution in [2.45, 2.75) is 13.0 Å². The van der Waals surface area contributed by atoms with Gasteiger partial charge < -0.3 is 10.1 Å². The van der Waals surface area contributed by atoms with Gasteiger partial charge in [0.15, 0.2) is 0 Å². The minimum absolute atomic E-state index is 0.0717. The highest BCUT2D eigenvalue weighted by Gasteiger charge is 2.09. The molecule has 0 aliphatic carbocycles. The first kappa shape index (κ1) is 14.4. The van der Waals surface area contributed by atoms with Crippen molar-refractivity contribution in [1.29, 1.82) is 0 Å². The largest absolute Gasteiger partial charge is 0.489 e. The Morgan fingerprint density at radius 3 is 2.80 bits per heavy atom. The molecule has 5 nitrogen and oxygen atoms in total. The van der Waals surface area contributed by atoms with Crippen molar-refractivity contribution in [2.75, 3.05) is 11.9 Å². The van der Waals surface area contributed by atoms with Crippen LogP contribution in [0.5, 0.6) is 5.75 Å². The maximum atomic E-state index is 11.6. The molecule has 2 rings (SSSR count). The maximum Gasteiger partial charge on any atom is 0.287 e. The fourth-order valence-corrected chi connectivity index (χ4v) is 1.90. The zero-order valence-electron chi connectivity index (χ0n) is 11.3. The molecule has 0 radical (unpaired) electrons. The predicted octanol–water partition coefficient (Wildman–Crippen LogP) is 2.31. The molecule has 0 fully saturated rings. The Morgan fingerprint density at radius 2 is 2.10 bits per heavy atom. The quantitative estimate of drug-likeness (QED) is 0.919. The highest BCUT2D eigenvalue weighted by molar-refractivity contribution is 6.32. The van der Waals surface area contributed by atoms with E-state index in [4.69, 9.17) is 16.3 Å². The SMILES string of the molecule is CC(CNc1cnn(C)c(=O)c1Cl)Oc1ccccc1. The highest BCUT2D eigenvalue weighted by atomic mass is 35.5. The lowest BCUT2D eigenvalue weighted by atomic mass is 10.3. The number of ether oxygens (including phenoxy) is 1. The van der Waals surface area contributed by atoms with Crippen LogP contribution in [0.25, 0.3) is 0 Å². The van der Waals surface area contributed by atoms with Gasteiger partial charge in [-0.2, -0.15) is 5.10 Å². The summed E-state index contributed by atoms with van der Waals surface area (Å²) in [5.74, 6) is 0.801. The molecule has 1 aromatic heterocycles. The number of hydrogen-bond donors (Lipinski definition) is 1. The summed E-state index contributed by atoms with van der Waals surface area (Å²) >= 11 is 5.97. The molecule has 1 atom stereocenters. The fourth-order valence-electron chi connectivity index (χ4n) is 1.66. The van der Waals surface area contributed by atoms with Gasteiger partial charge in [0.25, 0.3) is 5.56 Å². The Labute approximate surface area is 122 Å². The molecule has 0 aliphatic rings. The minimum Gasteiger partial charge on any atom is -0.489 e. The van der Waals surface area contributed by atoms with Crippen molar-refractivity contribution in [3.63, 3.8) is 0 Å². The average Bonchev–Trinajstić information content (AvgIpc) is 2.45. The van der Waals surface area contributed by atoms with Crippen LogP contribution in [0.2, 0.25) is 5.02 Å². The molecular weight excluding hydrogens is 278 g/mol. The number of hydrogen-bond acceptors (Lipinski definition) is 4. The Morgan fingerprint density at radius 1 is 1.40 bits per heavy atom. The average molecular weight is 294 g/mol. The molecule has 0 saturated carbocycles. The number of halogens is 1. The molecular formula is C14H16ClN3O2. The van der Waals surface area contributed by atoms with Gasteiger partial charge in [-0.05, 0) is 19.1 Å². The van der Waals surface area contributed by atoms with Crippen molar-refractivity contribution in [2.24, 2.45) is 7.05 Å². The van der Waals surface area contributed by atoms with Crippen molar-refractivity contribution in [3.8, 4) is 5.75 Å². The van der Waals surface area contributed by atoms with Crippen molar-refractivity contribution in [3.05, 3.63) is 51.9 Å². The van der Waals surface area contributed by atoms with E-state index >= 15 is 0 Å². The van der Waals surface area contributed by atoms with E-state index in [0.717, 1.165) is 5.75 Å². The second-order valence-corrected chi connectivity index (χ2v) is 4.80. The normalized spacial score (nSPS) is 11.9. The lowest BCUT2D eigenvalue weighted by molar-refractivity contribution is 0.235. The molecule has 6 heteroatoms. The van der Waals surface area contributed by atoms with E-state index in [1.54, 1.807) is 7.05 Å². The molecule has 0 spiro atoms. The Kier molecular flexibility index (Phi) is 4.63. The number of aromatic nitrogens is 2. The van der Waals surface area contributed by atoms with Gasteiger partial charge in [0.2, 0.25) is 0 Å². The van der Waals surface area contributed by atoms with Gasteiger partial charge in [0, 0.05) is 7.05 Å². The predicted molar refractivity (Wildman–Crippen MR) is 79.5 cm³/mol. The molecule has 0 amide bonds. The number of nitrogens with zero attached hydrogens (tertiary/aromatic N) is 2. The molecule has 2 aromatic rings. The summed E-state index contributed by atoms with van der Waals surface area (Å²) < 4.78 is 6.91. The third-order valence-corrected chi connectivity index (χ3v) is 3.10. The van der Waals surface area contributed by atoms with Crippen molar-refractivity contribution in [1.82, 2.24) is 9.78 Å². The van der Waals surface area contributed by atoms with Crippen LogP contribution in [0.4, 0.5) is 5.69 Å². The third-order valence-electron chi connectivity index (χ3n) is 2.74. The molecule has 1 N–H and O–H groups in total. The Balaban J connectivity index is 1.95. The lowest BCUT2D eigenvalue weighted by Crippen LogP contribution is -2.25. The second kappa shape index (κ2) is 6.43. The summed E-state index contributed by atoms with van der Waals surface area (Å²) in [6.07, 6.45) is 1.46. The van der Waals surface area contributed by atoms with Gasteiger partial charge in [0.1, 0.15) is 16.9 Å². The van der Waals surface area contributed by atoms with E-state index in [-0.39, 0.29) is 16.7 Å². The topological polar surface area (TPSA) is 56.2 Å². The van der Waals surface area contributed by atoms with Crippen LogP contribution in [-0.2, 0) is 7.05 Å². The molecule has 1 aromatic carbocycles. The number of anilines is 1. The highest BCUT2D eigenvalue weighted by Crippen LogP contribution is 2.16. The van der Waals surface area contributed by atoms with Gasteiger partial charge in [-0.1, -0.05) is 29.8 Å². The van der Waals surface area contributed by atoms with Gasteiger partial charge in [-0.3, -0.25) is 4.79 Å². The van der Waals surface area contributed by atoms with E-state index in [1.165, 1.54) is 10.9 Å². The first-order valence-corrected chi connectivity index (χ1v) is 6.63. The van der Waals surface area contributed by atoms with E-state index in [1.807, 2.05) is 37.3 Å². The Bertz CT molecular complexity index is 628. The zero-order chi connectivity index (χ0) is 14.5. The van der Waals surface area contributed by atoms with Crippen LogP contribution < -0.4 is 15.6 Å². The number of aryl methyl sites for hydroxylation is 1. The van der Waals surface area contributed by atoms with Gasteiger partial charge in [-0.25, -0.2) is 4.68 Å². The van der Waals surface area contributed by atoms with Crippen LogP contribution in [0.3, 0.4) is 0 Å². The molecule has 1 unspecified atom stereocenters. The van der Waals surface area contributed by atoms with Gasteiger partial charge >= 0.3 is 0 Å². The van der Waals surface area contributed by atoms with Crippen LogP contribution in [0, 0.1) is 0 Å². The third kappa shape index (κ3) is 3.51. The molecule has 0 saturated heterocycles. The second-order valence-electron chi connectivity index (χ2n) is 4.42. The number of nitrogens with one attached hydrogen (secondary N) is 1. The first-order valence-electron chi connectivity index (χ1n) is 6.25. The minimum atomic E-state index is -0.326. The summed E-state index contributed by atoms with van der Waals surface area (Å²) in [4.78, 5) is 11.6. The fraction of sp³-hybridized carbons (Fsp3) is 0.286. The van der Waals surface area contributed by atoms with E-state index in [0.29, 0.717) is 12.2 Å². The molecule has 1 heterocycles. The van der Waals surface area contributed by atoms with Crippen molar-refractivity contribution >= 4 is 17.3 Å². The number of para-hydroxylation sites is 1. The molecule has 20 heavy (non-hydrogen) atoms. The summed E-state index contributed by atoms with van der Waals surface area (Å²) in [6, 6.07) is 9.54. The van der Waals surface area contributed by atoms with Crippen LogP contribution >= 0.6 is 11.6 Å². The van der Waals surface area contributed by atoms with Crippen LogP contribution in [0.1, 0.15) is 6.92 Å². The first-order chi connectivity index (χ1) is 9.58. The monoisotopic (exact) mass is 293 g/mol. The van der Waals surface area contributed by atoms with Gasteiger partial charge in [0.05, 0.1) is 18.4 Å². The molecule has 106 valence electrons. The maximum absolute atomic E-state index is 11.6. The smallest absolute Gasteiger partial charge is 0.287 e. The van der Waals surface area contributed by atoms with E-state index < -0.39 is 0 Å². The summed E-state index contributed by atoms with van der Waals surface area (Å²) in [6.45, 7) is 2.45. The van der Waals surface area contributed by atoms with Gasteiger partial charge in [-0.15, -0.1) is 0 Å². The van der Waals surface area contributed by atoms with Crippen LogP contribution in [0.15, 0.2) is 41.3 Å². The summed E-state index contributed by atoms with van der Waals surface area (Å²) in [5.41, 5.74) is 0.187.